The highest BCUT2D eigenvalue weighted by Crippen LogP contribution is 2.08. The fourth-order valence-corrected chi connectivity index (χ4v) is 2.15. The fourth-order valence-electron chi connectivity index (χ4n) is 2.15. The maximum atomic E-state index is 11.6. The number of aryl methyl sites for hydroxylation is 1. The van der Waals surface area contributed by atoms with E-state index >= 15 is 0 Å². The van der Waals surface area contributed by atoms with Crippen LogP contribution in [-0.2, 0) is 6.54 Å². The molecular formula is C15H26N2O. The number of nitrogen functional groups attached to an aromatic ring is 1. The molecule has 0 bridgehead atoms. The van der Waals surface area contributed by atoms with Gasteiger partial charge in [-0.25, -0.2) is 0 Å². The summed E-state index contributed by atoms with van der Waals surface area (Å²) in [6, 6.07) is 3.49. The summed E-state index contributed by atoms with van der Waals surface area (Å²) in [5.74, 6) is 0. The van der Waals surface area contributed by atoms with Crippen molar-refractivity contribution in [2.24, 2.45) is 0 Å². The molecule has 0 atom stereocenters. The third kappa shape index (κ3) is 5.39. The van der Waals surface area contributed by atoms with Crippen LogP contribution in [-0.4, -0.2) is 4.57 Å². The second kappa shape index (κ2) is 8.78. The summed E-state index contributed by atoms with van der Waals surface area (Å²) in [7, 11) is 0. The van der Waals surface area contributed by atoms with Gasteiger partial charge in [0.15, 0.2) is 0 Å². The zero-order valence-electron chi connectivity index (χ0n) is 11.5. The fraction of sp³-hybridized carbons (Fsp3) is 0.667. The van der Waals surface area contributed by atoms with E-state index in [-0.39, 0.29) is 5.56 Å². The van der Waals surface area contributed by atoms with Crippen LogP contribution in [0.5, 0.6) is 0 Å². The summed E-state index contributed by atoms with van der Waals surface area (Å²) in [5.41, 5.74) is 5.88. The Balaban J connectivity index is 2.11. The molecule has 0 aliphatic carbocycles. The molecule has 0 fully saturated rings. The number of anilines is 1. The first kappa shape index (κ1) is 14.8. The van der Waals surface area contributed by atoms with E-state index in [0.29, 0.717) is 5.69 Å². The molecule has 0 spiro atoms. The van der Waals surface area contributed by atoms with Crippen LogP contribution in [0.4, 0.5) is 5.69 Å². The van der Waals surface area contributed by atoms with E-state index in [0.717, 1.165) is 13.0 Å². The first-order valence-electron chi connectivity index (χ1n) is 7.20. The number of hydrogen-bond acceptors (Lipinski definition) is 2. The number of aromatic nitrogens is 1. The van der Waals surface area contributed by atoms with E-state index in [2.05, 4.69) is 6.92 Å². The number of rotatable bonds is 9. The predicted octanol–water partition coefficient (Wildman–Crippen LogP) is 3.57. The van der Waals surface area contributed by atoms with Gasteiger partial charge in [0.05, 0.1) is 5.69 Å². The number of nitrogens with two attached hydrogens (primary N) is 1. The first-order valence-corrected chi connectivity index (χ1v) is 7.20. The minimum absolute atomic E-state index is 0.0551. The number of pyridine rings is 1. The van der Waals surface area contributed by atoms with Crippen LogP contribution in [0, 0.1) is 0 Å². The lowest BCUT2D eigenvalue weighted by atomic mass is 10.1. The summed E-state index contributed by atoms with van der Waals surface area (Å²) in [6.07, 6.45) is 12.1. The van der Waals surface area contributed by atoms with Crippen molar-refractivity contribution in [3.05, 3.63) is 28.7 Å². The minimum atomic E-state index is -0.0551. The Morgan fingerprint density at radius 3 is 2.33 bits per heavy atom. The second-order valence-electron chi connectivity index (χ2n) is 4.94. The summed E-state index contributed by atoms with van der Waals surface area (Å²) >= 11 is 0. The van der Waals surface area contributed by atoms with Gasteiger partial charge in [-0.15, -0.1) is 0 Å². The maximum absolute atomic E-state index is 11.6. The molecule has 18 heavy (non-hydrogen) atoms. The van der Waals surface area contributed by atoms with Crippen LogP contribution in [0.25, 0.3) is 0 Å². The van der Waals surface area contributed by atoms with E-state index in [1.54, 1.807) is 10.6 Å². The average Bonchev–Trinajstić information content (AvgIpc) is 2.37. The standard InChI is InChI=1S/C15H26N2O/c1-2-3-4-5-6-7-8-9-12-17-13-10-11-14(16)15(17)18/h10-11,13H,2-9,12,16H2,1H3. The Morgan fingerprint density at radius 2 is 1.67 bits per heavy atom. The SMILES string of the molecule is CCCCCCCCCCn1cccc(N)c1=O. The molecule has 0 saturated heterocycles. The molecule has 0 radical (unpaired) electrons. The molecular weight excluding hydrogens is 224 g/mol. The van der Waals surface area contributed by atoms with Gasteiger partial charge in [0.25, 0.3) is 5.56 Å². The Bertz CT molecular complexity index is 384. The van der Waals surface area contributed by atoms with Crippen LogP contribution in [0.15, 0.2) is 23.1 Å². The molecule has 0 saturated carbocycles. The lowest BCUT2D eigenvalue weighted by molar-refractivity contribution is 0.538. The van der Waals surface area contributed by atoms with Crippen LogP contribution in [0.3, 0.4) is 0 Å². The number of unbranched alkanes of at least 4 members (excludes halogenated alkanes) is 7. The van der Waals surface area contributed by atoms with Gasteiger partial charge in [0, 0.05) is 12.7 Å². The first-order chi connectivity index (χ1) is 8.75. The minimum Gasteiger partial charge on any atom is -0.394 e. The van der Waals surface area contributed by atoms with Gasteiger partial charge in [-0.1, -0.05) is 51.9 Å². The summed E-state index contributed by atoms with van der Waals surface area (Å²) in [4.78, 5) is 11.6. The van der Waals surface area contributed by atoms with Gasteiger partial charge in [0.2, 0.25) is 0 Å². The summed E-state index contributed by atoms with van der Waals surface area (Å²) in [6.45, 7) is 3.03. The molecule has 0 aromatic carbocycles. The average molecular weight is 250 g/mol. The van der Waals surface area contributed by atoms with Crippen molar-refractivity contribution >= 4 is 5.69 Å². The third-order valence-corrected chi connectivity index (χ3v) is 3.30. The number of nitrogens with zero attached hydrogens (tertiary/aromatic N) is 1. The molecule has 1 aromatic heterocycles. The van der Waals surface area contributed by atoms with Crippen molar-refractivity contribution in [3.8, 4) is 0 Å². The van der Waals surface area contributed by atoms with E-state index in [4.69, 9.17) is 5.73 Å². The second-order valence-corrected chi connectivity index (χ2v) is 4.94. The van der Waals surface area contributed by atoms with Gasteiger partial charge < -0.3 is 10.3 Å². The van der Waals surface area contributed by atoms with Gasteiger partial charge in [0.1, 0.15) is 0 Å². The molecule has 2 N–H and O–H groups in total. The Kier molecular flexibility index (Phi) is 7.23. The molecule has 0 unspecified atom stereocenters. The van der Waals surface area contributed by atoms with Gasteiger partial charge >= 0.3 is 0 Å². The Morgan fingerprint density at radius 1 is 1.06 bits per heavy atom. The predicted molar refractivity (Wildman–Crippen MR) is 77.7 cm³/mol. The van der Waals surface area contributed by atoms with Crippen molar-refractivity contribution in [2.45, 2.75) is 64.8 Å². The smallest absolute Gasteiger partial charge is 0.273 e. The molecule has 1 aromatic rings. The highest BCUT2D eigenvalue weighted by atomic mass is 16.1. The summed E-state index contributed by atoms with van der Waals surface area (Å²) < 4.78 is 1.71. The van der Waals surface area contributed by atoms with Crippen LogP contribution in [0.2, 0.25) is 0 Å². The van der Waals surface area contributed by atoms with Crippen molar-refractivity contribution in [1.29, 1.82) is 0 Å². The van der Waals surface area contributed by atoms with Crippen molar-refractivity contribution in [3.63, 3.8) is 0 Å². The molecule has 0 amide bonds. The zero-order valence-corrected chi connectivity index (χ0v) is 11.5. The Hall–Kier alpha value is -1.25. The molecule has 1 rings (SSSR count). The number of hydrogen-bond donors (Lipinski definition) is 1. The maximum Gasteiger partial charge on any atom is 0.273 e. The monoisotopic (exact) mass is 250 g/mol. The molecule has 102 valence electrons. The molecule has 0 aliphatic rings. The van der Waals surface area contributed by atoms with Crippen LogP contribution < -0.4 is 11.3 Å². The van der Waals surface area contributed by atoms with Gasteiger partial charge in [-0.3, -0.25) is 4.79 Å². The van der Waals surface area contributed by atoms with Crippen LogP contribution >= 0.6 is 0 Å². The lowest BCUT2D eigenvalue weighted by Gasteiger charge is -2.06. The molecule has 1 heterocycles. The quantitative estimate of drug-likeness (QED) is 0.681. The van der Waals surface area contributed by atoms with Crippen molar-refractivity contribution in [2.75, 3.05) is 5.73 Å². The van der Waals surface area contributed by atoms with Crippen molar-refractivity contribution in [1.82, 2.24) is 4.57 Å². The van der Waals surface area contributed by atoms with Crippen LogP contribution in [0.1, 0.15) is 58.3 Å². The highest BCUT2D eigenvalue weighted by molar-refractivity contribution is 5.33. The molecule has 0 aliphatic heterocycles. The highest BCUT2D eigenvalue weighted by Gasteiger charge is 1.98. The third-order valence-electron chi connectivity index (χ3n) is 3.30. The zero-order chi connectivity index (χ0) is 13.2. The Labute approximate surface area is 110 Å². The van der Waals surface area contributed by atoms with E-state index < -0.39 is 0 Å². The van der Waals surface area contributed by atoms with E-state index in [1.807, 2.05) is 12.3 Å². The van der Waals surface area contributed by atoms with Gasteiger partial charge in [-0.05, 0) is 18.6 Å². The topological polar surface area (TPSA) is 48.0 Å². The normalized spacial score (nSPS) is 10.7. The van der Waals surface area contributed by atoms with Gasteiger partial charge in [-0.2, -0.15) is 0 Å². The summed E-state index contributed by atoms with van der Waals surface area (Å²) in [5, 5.41) is 0. The van der Waals surface area contributed by atoms with E-state index in [1.165, 1.54) is 44.9 Å². The molecule has 3 heteroatoms. The van der Waals surface area contributed by atoms with E-state index in [9.17, 15) is 4.79 Å². The van der Waals surface area contributed by atoms with Crippen molar-refractivity contribution < 1.29 is 0 Å². The lowest BCUT2D eigenvalue weighted by Crippen LogP contribution is -2.21. The molecule has 3 nitrogen and oxygen atoms in total. The largest absolute Gasteiger partial charge is 0.394 e.